The Morgan fingerprint density at radius 3 is 2.62 bits per heavy atom. The summed E-state index contributed by atoms with van der Waals surface area (Å²) >= 11 is 0. The quantitative estimate of drug-likeness (QED) is 0.729. The summed E-state index contributed by atoms with van der Waals surface area (Å²) in [5, 5.41) is 8.24. The lowest BCUT2D eigenvalue weighted by Gasteiger charge is -2.38. The summed E-state index contributed by atoms with van der Waals surface area (Å²) in [5.41, 5.74) is 0.991. The molecule has 16 heavy (non-hydrogen) atoms. The molecule has 0 N–H and O–H groups in total. The van der Waals surface area contributed by atoms with Crippen molar-refractivity contribution in [1.29, 1.82) is 0 Å². The summed E-state index contributed by atoms with van der Waals surface area (Å²) in [4.78, 5) is 12.5. The maximum Gasteiger partial charge on any atom is 0.225 e. The van der Waals surface area contributed by atoms with E-state index in [1.54, 1.807) is 23.4 Å². The fourth-order valence-electron chi connectivity index (χ4n) is 1.77. The summed E-state index contributed by atoms with van der Waals surface area (Å²) in [6, 6.07) is 2.25. The van der Waals surface area contributed by atoms with E-state index in [1.165, 1.54) is 0 Å². The molecule has 6 heteroatoms. The highest BCUT2D eigenvalue weighted by Gasteiger charge is 2.31. The molecular formula is C10H12N6. The first-order chi connectivity index (χ1) is 7.83. The van der Waals surface area contributed by atoms with Crippen LogP contribution in [-0.4, -0.2) is 38.1 Å². The van der Waals surface area contributed by atoms with Gasteiger partial charge in [-0.25, -0.2) is 9.97 Å². The van der Waals surface area contributed by atoms with Gasteiger partial charge in [0.25, 0.3) is 0 Å². The van der Waals surface area contributed by atoms with Gasteiger partial charge in [0, 0.05) is 25.0 Å². The molecule has 6 nitrogen and oxygen atoms in total. The lowest BCUT2D eigenvalue weighted by atomic mass is 10.1. The molecule has 1 saturated heterocycles. The van der Waals surface area contributed by atoms with E-state index in [-0.39, 0.29) is 0 Å². The monoisotopic (exact) mass is 216 g/mol. The van der Waals surface area contributed by atoms with E-state index in [4.69, 9.17) is 0 Å². The van der Waals surface area contributed by atoms with E-state index in [2.05, 4.69) is 25.1 Å². The van der Waals surface area contributed by atoms with Crippen LogP contribution < -0.4 is 4.90 Å². The zero-order chi connectivity index (χ0) is 11.0. The summed E-state index contributed by atoms with van der Waals surface area (Å²) in [6.07, 6.45) is 5.19. The first-order valence-corrected chi connectivity index (χ1v) is 5.23. The Bertz CT molecular complexity index is 474. The van der Waals surface area contributed by atoms with Crippen molar-refractivity contribution in [3.63, 3.8) is 0 Å². The van der Waals surface area contributed by atoms with Gasteiger partial charge in [0.1, 0.15) is 6.04 Å². The molecule has 1 aliphatic heterocycles. The van der Waals surface area contributed by atoms with Crippen molar-refractivity contribution >= 4 is 5.95 Å². The molecular weight excluding hydrogens is 204 g/mol. The van der Waals surface area contributed by atoms with Gasteiger partial charge in [0.05, 0.1) is 12.4 Å². The third kappa shape index (κ3) is 1.52. The van der Waals surface area contributed by atoms with Crippen LogP contribution in [0, 0.1) is 6.92 Å². The Morgan fingerprint density at radius 1 is 1.19 bits per heavy atom. The van der Waals surface area contributed by atoms with Gasteiger partial charge >= 0.3 is 0 Å². The number of aryl methyl sites for hydroxylation is 1. The van der Waals surface area contributed by atoms with E-state index in [9.17, 15) is 0 Å². The average Bonchev–Trinajstić information content (AvgIpc) is 2.69. The molecule has 0 atom stereocenters. The normalized spacial score (nSPS) is 16.2. The molecule has 0 saturated carbocycles. The number of rotatable bonds is 2. The molecule has 0 aromatic carbocycles. The SMILES string of the molecule is Cc1ccnc(N2CC(n3nccn3)C2)n1. The second-order valence-corrected chi connectivity index (χ2v) is 3.91. The summed E-state index contributed by atoms with van der Waals surface area (Å²) in [7, 11) is 0. The first-order valence-electron chi connectivity index (χ1n) is 5.23. The van der Waals surface area contributed by atoms with Crippen LogP contribution in [0.25, 0.3) is 0 Å². The largest absolute Gasteiger partial charge is 0.336 e. The predicted molar refractivity (Wildman–Crippen MR) is 58.0 cm³/mol. The second kappa shape index (κ2) is 3.55. The minimum atomic E-state index is 0.346. The summed E-state index contributed by atoms with van der Waals surface area (Å²) in [5.74, 6) is 0.795. The summed E-state index contributed by atoms with van der Waals surface area (Å²) < 4.78 is 0. The van der Waals surface area contributed by atoms with E-state index in [0.29, 0.717) is 6.04 Å². The average molecular weight is 216 g/mol. The fourth-order valence-corrected chi connectivity index (χ4v) is 1.77. The molecule has 0 spiro atoms. The van der Waals surface area contributed by atoms with Crippen LogP contribution in [0.3, 0.4) is 0 Å². The number of hydrogen-bond acceptors (Lipinski definition) is 5. The molecule has 3 rings (SSSR count). The number of nitrogens with zero attached hydrogens (tertiary/aromatic N) is 6. The minimum Gasteiger partial charge on any atom is -0.336 e. The van der Waals surface area contributed by atoms with Gasteiger partial charge < -0.3 is 4.90 Å². The Morgan fingerprint density at radius 2 is 1.94 bits per heavy atom. The van der Waals surface area contributed by atoms with Gasteiger partial charge in [0.2, 0.25) is 5.95 Å². The van der Waals surface area contributed by atoms with Crippen molar-refractivity contribution in [3.8, 4) is 0 Å². The van der Waals surface area contributed by atoms with Gasteiger partial charge in [0.15, 0.2) is 0 Å². The van der Waals surface area contributed by atoms with Crippen LogP contribution in [0.15, 0.2) is 24.7 Å². The zero-order valence-corrected chi connectivity index (χ0v) is 8.98. The highest BCUT2D eigenvalue weighted by molar-refractivity contribution is 5.34. The Labute approximate surface area is 92.9 Å². The van der Waals surface area contributed by atoms with Crippen molar-refractivity contribution in [2.24, 2.45) is 0 Å². The lowest BCUT2D eigenvalue weighted by molar-refractivity contribution is 0.329. The van der Waals surface area contributed by atoms with Crippen LogP contribution in [-0.2, 0) is 0 Å². The molecule has 2 aromatic heterocycles. The van der Waals surface area contributed by atoms with Crippen LogP contribution in [0.1, 0.15) is 11.7 Å². The molecule has 1 fully saturated rings. The zero-order valence-electron chi connectivity index (χ0n) is 8.98. The van der Waals surface area contributed by atoms with Crippen LogP contribution in [0.2, 0.25) is 0 Å². The van der Waals surface area contributed by atoms with Gasteiger partial charge in [-0.15, -0.1) is 0 Å². The predicted octanol–water partition coefficient (Wildman–Crippen LogP) is 0.438. The topological polar surface area (TPSA) is 59.7 Å². The van der Waals surface area contributed by atoms with Gasteiger partial charge in [-0.1, -0.05) is 0 Å². The van der Waals surface area contributed by atoms with Crippen LogP contribution in [0.5, 0.6) is 0 Å². The van der Waals surface area contributed by atoms with Gasteiger partial charge in [-0.3, -0.25) is 0 Å². The Kier molecular flexibility index (Phi) is 2.05. The molecule has 1 aliphatic rings. The highest BCUT2D eigenvalue weighted by atomic mass is 15.5. The summed E-state index contributed by atoms with van der Waals surface area (Å²) in [6.45, 7) is 3.72. The third-order valence-corrected chi connectivity index (χ3v) is 2.69. The molecule has 0 unspecified atom stereocenters. The molecule has 0 aliphatic carbocycles. The standard InChI is InChI=1S/C10H12N6/c1-8-2-3-11-10(14-8)15-6-9(7-15)16-12-4-5-13-16/h2-5,9H,6-7H2,1H3. The second-order valence-electron chi connectivity index (χ2n) is 3.91. The molecule has 82 valence electrons. The fraction of sp³-hybridized carbons (Fsp3) is 0.400. The van der Waals surface area contributed by atoms with Crippen molar-refractivity contribution in [3.05, 3.63) is 30.4 Å². The first kappa shape index (κ1) is 9.26. The third-order valence-electron chi connectivity index (χ3n) is 2.69. The minimum absolute atomic E-state index is 0.346. The Hall–Kier alpha value is -1.98. The van der Waals surface area contributed by atoms with Gasteiger partial charge in [-0.2, -0.15) is 15.0 Å². The lowest BCUT2D eigenvalue weighted by Crippen LogP contribution is -2.49. The Balaban J connectivity index is 1.69. The molecule has 3 heterocycles. The molecule has 0 radical (unpaired) electrons. The number of anilines is 1. The molecule has 0 bridgehead atoms. The van der Waals surface area contributed by atoms with Crippen LogP contribution in [0.4, 0.5) is 5.95 Å². The molecule has 2 aromatic rings. The van der Waals surface area contributed by atoms with Crippen molar-refractivity contribution in [2.45, 2.75) is 13.0 Å². The number of aromatic nitrogens is 5. The maximum atomic E-state index is 4.38. The van der Waals surface area contributed by atoms with Crippen molar-refractivity contribution in [1.82, 2.24) is 25.0 Å². The van der Waals surface area contributed by atoms with E-state index >= 15 is 0 Å². The maximum absolute atomic E-state index is 4.38. The van der Waals surface area contributed by atoms with E-state index in [1.807, 2.05) is 13.0 Å². The van der Waals surface area contributed by atoms with Crippen LogP contribution >= 0.6 is 0 Å². The smallest absolute Gasteiger partial charge is 0.225 e. The molecule has 0 amide bonds. The highest BCUT2D eigenvalue weighted by Crippen LogP contribution is 2.23. The van der Waals surface area contributed by atoms with E-state index < -0.39 is 0 Å². The van der Waals surface area contributed by atoms with Gasteiger partial charge in [-0.05, 0) is 13.0 Å². The van der Waals surface area contributed by atoms with Crippen molar-refractivity contribution < 1.29 is 0 Å². The van der Waals surface area contributed by atoms with Crippen molar-refractivity contribution in [2.75, 3.05) is 18.0 Å². The van der Waals surface area contributed by atoms with E-state index in [0.717, 1.165) is 24.7 Å². The number of hydrogen-bond donors (Lipinski definition) is 0.